The highest BCUT2D eigenvalue weighted by Gasteiger charge is 2.11. The van der Waals surface area contributed by atoms with Gasteiger partial charge in [-0.15, -0.1) is 0 Å². The Hall–Kier alpha value is -0.760. The number of benzene rings is 1. The molecule has 1 aromatic rings. The first kappa shape index (κ1) is 16.3. The van der Waals surface area contributed by atoms with E-state index in [0.29, 0.717) is 23.6 Å². The number of rotatable bonds is 8. The summed E-state index contributed by atoms with van der Waals surface area (Å²) in [5.41, 5.74) is 7.15. The van der Waals surface area contributed by atoms with Crippen LogP contribution in [0, 0.1) is 0 Å². The summed E-state index contributed by atoms with van der Waals surface area (Å²) in [6, 6.07) is 7.14. The molecule has 1 atom stereocenters. The van der Waals surface area contributed by atoms with Crippen molar-refractivity contribution in [1.82, 2.24) is 4.72 Å². The van der Waals surface area contributed by atoms with E-state index in [4.69, 9.17) is 5.73 Å². The molecular formula is C12H20N2O3S2. The van der Waals surface area contributed by atoms with Crippen molar-refractivity contribution in [1.29, 1.82) is 0 Å². The molecule has 0 radical (unpaired) electrons. The van der Waals surface area contributed by atoms with E-state index < -0.39 is 20.8 Å². The highest BCUT2D eigenvalue weighted by molar-refractivity contribution is 7.88. The molecule has 0 fully saturated rings. The highest BCUT2D eigenvalue weighted by Crippen LogP contribution is 2.07. The lowest BCUT2D eigenvalue weighted by Crippen LogP contribution is -2.29. The zero-order chi connectivity index (χ0) is 14.3. The summed E-state index contributed by atoms with van der Waals surface area (Å²) in [4.78, 5) is 0. The summed E-state index contributed by atoms with van der Waals surface area (Å²) < 4.78 is 37.2. The highest BCUT2D eigenvalue weighted by atomic mass is 32.2. The largest absolute Gasteiger partial charge is 0.326 e. The fourth-order valence-electron chi connectivity index (χ4n) is 1.50. The van der Waals surface area contributed by atoms with Gasteiger partial charge in [-0.05, 0) is 11.1 Å². The molecule has 1 unspecified atom stereocenters. The molecule has 108 valence electrons. The van der Waals surface area contributed by atoms with Crippen LogP contribution in [0.1, 0.15) is 18.1 Å². The molecule has 0 aromatic heterocycles. The van der Waals surface area contributed by atoms with Gasteiger partial charge in [-0.25, -0.2) is 13.1 Å². The smallest absolute Gasteiger partial charge is 0.215 e. The average Bonchev–Trinajstić information content (AvgIpc) is 2.38. The van der Waals surface area contributed by atoms with Gasteiger partial charge >= 0.3 is 0 Å². The van der Waals surface area contributed by atoms with Gasteiger partial charge in [0.05, 0.1) is 5.75 Å². The minimum absolute atomic E-state index is 0.0728. The topological polar surface area (TPSA) is 89.3 Å². The summed E-state index contributed by atoms with van der Waals surface area (Å²) >= 11 is 0. The van der Waals surface area contributed by atoms with Crippen LogP contribution in [-0.4, -0.2) is 30.7 Å². The number of hydrogen-bond donors (Lipinski definition) is 2. The van der Waals surface area contributed by atoms with Crippen molar-refractivity contribution in [3.05, 3.63) is 35.4 Å². The zero-order valence-electron chi connectivity index (χ0n) is 11.0. The summed E-state index contributed by atoms with van der Waals surface area (Å²) in [7, 11) is -4.33. The van der Waals surface area contributed by atoms with E-state index in [9.17, 15) is 12.6 Å². The van der Waals surface area contributed by atoms with Gasteiger partial charge in [0.15, 0.2) is 0 Å². The molecular weight excluding hydrogens is 284 g/mol. The molecule has 0 saturated heterocycles. The van der Waals surface area contributed by atoms with Crippen LogP contribution in [0.4, 0.5) is 0 Å². The Balaban J connectivity index is 2.51. The Labute approximate surface area is 117 Å². The van der Waals surface area contributed by atoms with Crippen molar-refractivity contribution in [2.45, 2.75) is 19.2 Å². The third-order valence-corrected chi connectivity index (χ3v) is 5.25. The Bertz CT molecular complexity index is 512. The minimum atomic E-state index is -3.37. The van der Waals surface area contributed by atoms with Gasteiger partial charge in [-0.2, -0.15) is 0 Å². The molecule has 0 amide bonds. The number of hydrogen-bond acceptors (Lipinski definition) is 4. The van der Waals surface area contributed by atoms with Crippen LogP contribution in [0.15, 0.2) is 24.3 Å². The molecule has 0 aliphatic heterocycles. The third-order valence-electron chi connectivity index (χ3n) is 2.59. The van der Waals surface area contributed by atoms with Crippen molar-refractivity contribution in [3.8, 4) is 0 Å². The van der Waals surface area contributed by atoms with Gasteiger partial charge in [-0.1, -0.05) is 31.2 Å². The van der Waals surface area contributed by atoms with Crippen molar-refractivity contribution >= 4 is 20.8 Å². The molecule has 7 heteroatoms. The van der Waals surface area contributed by atoms with Gasteiger partial charge in [0, 0.05) is 35.4 Å². The molecule has 0 aliphatic carbocycles. The van der Waals surface area contributed by atoms with E-state index in [1.807, 2.05) is 19.1 Å². The van der Waals surface area contributed by atoms with E-state index in [-0.39, 0.29) is 12.3 Å². The van der Waals surface area contributed by atoms with E-state index in [1.165, 1.54) is 0 Å². The summed E-state index contributed by atoms with van der Waals surface area (Å²) in [6.07, 6.45) is 0. The van der Waals surface area contributed by atoms with Crippen LogP contribution < -0.4 is 10.5 Å². The van der Waals surface area contributed by atoms with Crippen molar-refractivity contribution in [3.63, 3.8) is 0 Å². The van der Waals surface area contributed by atoms with Gasteiger partial charge in [0.25, 0.3) is 0 Å². The zero-order valence-corrected chi connectivity index (χ0v) is 12.6. The standard InChI is InChI=1S/C12H20N2O3S2/c1-2-18(15)8-7-14-19(16,17)10-12-5-3-11(9-13)4-6-12/h3-6,14H,2,7-10,13H2,1H3. The van der Waals surface area contributed by atoms with Gasteiger partial charge in [-0.3, -0.25) is 4.21 Å². The SMILES string of the molecule is CCS(=O)CCNS(=O)(=O)Cc1ccc(CN)cc1. The van der Waals surface area contributed by atoms with Crippen molar-refractivity contribution < 1.29 is 12.6 Å². The van der Waals surface area contributed by atoms with Gasteiger partial charge < -0.3 is 5.73 Å². The first-order chi connectivity index (χ1) is 8.96. The Morgan fingerprint density at radius 1 is 1.21 bits per heavy atom. The van der Waals surface area contributed by atoms with Crippen molar-refractivity contribution in [2.24, 2.45) is 5.73 Å². The molecule has 3 N–H and O–H groups in total. The lowest BCUT2D eigenvalue weighted by molar-refractivity contribution is 0.583. The molecule has 0 spiro atoms. The summed E-state index contributed by atoms with van der Waals surface area (Å²) in [6.45, 7) is 2.46. The Morgan fingerprint density at radius 2 is 1.79 bits per heavy atom. The van der Waals surface area contributed by atoms with Gasteiger partial charge in [0.2, 0.25) is 10.0 Å². The van der Waals surface area contributed by atoms with Crippen LogP contribution in [0.2, 0.25) is 0 Å². The first-order valence-corrected chi connectivity index (χ1v) is 9.21. The normalized spacial score (nSPS) is 13.4. The van der Waals surface area contributed by atoms with Crippen molar-refractivity contribution in [2.75, 3.05) is 18.1 Å². The Kier molecular flexibility index (Phi) is 6.64. The molecule has 0 saturated carbocycles. The third kappa shape index (κ3) is 6.29. The molecule has 0 aliphatic rings. The van der Waals surface area contributed by atoms with Crippen LogP contribution >= 0.6 is 0 Å². The fraction of sp³-hybridized carbons (Fsp3) is 0.500. The van der Waals surface area contributed by atoms with E-state index in [0.717, 1.165) is 5.56 Å². The second-order valence-corrected chi connectivity index (χ2v) is 7.78. The van der Waals surface area contributed by atoms with Crippen LogP contribution in [0.3, 0.4) is 0 Å². The molecule has 19 heavy (non-hydrogen) atoms. The molecule has 5 nitrogen and oxygen atoms in total. The van der Waals surface area contributed by atoms with Crippen LogP contribution in [-0.2, 0) is 33.1 Å². The summed E-state index contributed by atoms with van der Waals surface area (Å²) in [5, 5.41) is 0. The lowest BCUT2D eigenvalue weighted by atomic mass is 10.1. The minimum Gasteiger partial charge on any atom is -0.326 e. The summed E-state index contributed by atoms with van der Waals surface area (Å²) in [5.74, 6) is 0.820. The van der Waals surface area contributed by atoms with Crippen LogP contribution in [0.25, 0.3) is 0 Å². The monoisotopic (exact) mass is 304 g/mol. The number of sulfonamides is 1. The maximum atomic E-state index is 11.8. The average molecular weight is 304 g/mol. The predicted molar refractivity (Wildman–Crippen MR) is 78.5 cm³/mol. The van der Waals surface area contributed by atoms with E-state index in [2.05, 4.69) is 4.72 Å². The maximum Gasteiger partial charge on any atom is 0.215 e. The lowest BCUT2D eigenvalue weighted by Gasteiger charge is -2.07. The molecule has 0 heterocycles. The molecule has 1 rings (SSSR count). The number of nitrogens with two attached hydrogens (primary N) is 1. The van der Waals surface area contributed by atoms with Gasteiger partial charge in [0.1, 0.15) is 0 Å². The van der Waals surface area contributed by atoms with Crippen LogP contribution in [0.5, 0.6) is 0 Å². The Morgan fingerprint density at radius 3 is 2.32 bits per heavy atom. The number of nitrogens with one attached hydrogen (secondary N) is 1. The molecule has 0 bridgehead atoms. The van der Waals surface area contributed by atoms with E-state index >= 15 is 0 Å². The second-order valence-electron chi connectivity index (χ2n) is 4.11. The first-order valence-electron chi connectivity index (χ1n) is 6.07. The second kappa shape index (κ2) is 7.74. The van der Waals surface area contributed by atoms with E-state index in [1.54, 1.807) is 12.1 Å². The predicted octanol–water partition coefficient (Wildman–Crippen LogP) is 0.333. The molecule has 1 aromatic carbocycles. The fourth-order valence-corrected chi connectivity index (χ4v) is 3.39. The quantitative estimate of drug-likeness (QED) is 0.724. The maximum absolute atomic E-state index is 11.8.